The van der Waals surface area contributed by atoms with E-state index < -0.39 is 0 Å². The predicted octanol–water partition coefficient (Wildman–Crippen LogP) is 3.49. The van der Waals surface area contributed by atoms with Gasteiger partial charge in [0.15, 0.2) is 0 Å². The number of aromatic nitrogens is 1. The lowest BCUT2D eigenvalue weighted by Gasteiger charge is -2.08. The zero-order valence-electron chi connectivity index (χ0n) is 8.63. The Morgan fingerprint density at radius 2 is 2.00 bits per heavy atom. The van der Waals surface area contributed by atoms with Crippen molar-refractivity contribution in [1.29, 1.82) is 0 Å². The molecule has 0 bridgehead atoms. The van der Waals surface area contributed by atoms with Gasteiger partial charge in [-0.1, -0.05) is 15.9 Å². The first-order chi connectivity index (χ1) is 7.63. The monoisotopic (exact) mass is 344 g/mol. The van der Waals surface area contributed by atoms with Crippen LogP contribution in [0.5, 0.6) is 0 Å². The Balaban J connectivity index is 2.76. The molecular formula is C11H10Br2N2O. The van der Waals surface area contributed by atoms with E-state index in [4.69, 9.17) is 10.5 Å². The summed E-state index contributed by atoms with van der Waals surface area (Å²) in [5, 5.41) is 0.925. The van der Waals surface area contributed by atoms with Gasteiger partial charge in [-0.15, -0.1) is 0 Å². The predicted molar refractivity (Wildman–Crippen MR) is 72.3 cm³/mol. The zero-order valence-corrected chi connectivity index (χ0v) is 11.8. The number of fused-ring (bicyclic) bond motifs is 1. The highest BCUT2D eigenvalue weighted by molar-refractivity contribution is 9.11. The second-order valence-electron chi connectivity index (χ2n) is 3.39. The Bertz CT molecular complexity index is 543. The van der Waals surface area contributed by atoms with Gasteiger partial charge in [0.25, 0.3) is 0 Å². The van der Waals surface area contributed by atoms with Gasteiger partial charge in [0.05, 0.1) is 17.8 Å². The highest BCUT2D eigenvalue weighted by Gasteiger charge is 2.09. The molecule has 0 fully saturated rings. The molecule has 16 heavy (non-hydrogen) atoms. The molecule has 0 unspecified atom stereocenters. The van der Waals surface area contributed by atoms with Crippen molar-refractivity contribution in [3.8, 4) is 0 Å². The van der Waals surface area contributed by atoms with Gasteiger partial charge in [-0.3, -0.25) is 0 Å². The minimum absolute atomic E-state index is 0.457. The second kappa shape index (κ2) is 4.69. The Hall–Kier alpha value is -0.650. The fourth-order valence-corrected chi connectivity index (χ4v) is 2.54. The average molecular weight is 346 g/mol. The number of hydrogen-bond acceptors (Lipinski definition) is 3. The summed E-state index contributed by atoms with van der Waals surface area (Å²) in [6, 6.07) is 5.72. The fourth-order valence-electron chi connectivity index (χ4n) is 1.57. The molecule has 0 aliphatic rings. The standard InChI is InChI=1S/C11H10Br2N2O/c1-16-5-6-4-9(14)10-7(12)2-3-8(13)11(10)15-6/h2-4H,5H2,1H3,(H2,14,15). The Kier molecular flexibility index (Phi) is 3.47. The third-order valence-electron chi connectivity index (χ3n) is 2.24. The van der Waals surface area contributed by atoms with Crippen LogP contribution in [0, 0.1) is 0 Å². The van der Waals surface area contributed by atoms with E-state index in [1.54, 1.807) is 7.11 Å². The molecule has 2 N–H and O–H groups in total. The van der Waals surface area contributed by atoms with E-state index in [0.29, 0.717) is 12.3 Å². The van der Waals surface area contributed by atoms with Crippen molar-refractivity contribution in [2.75, 3.05) is 12.8 Å². The summed E-state index contributed by atoms with van der Waals surface area (Å²) < 4.78 is 6.93. The first-order valence-corrected chi connectivity index (χ1v) is 6.24. The highest BCUT2D eigenvalue weighted by Crippen LogP contribution is 2.33. The zero-order chi connectivity index (χ0) is 11.7. The summed E-state index contributed by atoms with van der Waals surface area (Å²) in [6.45, 7) is 0.457. The number of anilines is 1. The minimum atomic E-state index is 0.457. The maximum absolute atomic E-state index is 6.01. The molecule has 5 heteroatoms. The van der Waals surface area contributed by atoms with Gasteiger partial charge in [0.2, 0.25) is 0 Å². The number of halogens is 2. The van der Waals surface area contributed by atoms with Crippen LogP contribution in [0.4, 0.5) is 5.69 Å². The van der Waals surface area contributed by atoms with E-state index >= 15 is 0 Å². The second-order valence-corrected chi connectivity index (χ2v) is 5.10. The highest BCUT2D eigenvalue weighted by atomic mass is 79.9. The largest absolute Gasteiger partial charge is 0.398 e. The van der Waals surface area contributed by atoms with E-state index in [1.165, 1.54) is 0 Å². The number of ether oxygens (including phenoxy) is 1. The number of rotatable bonds is 2. The molecule has 3 nitrogen and oxygen atoms in total. The fraction of sp³-hybridized carbons (Fsp3) is 0.182. The number of nitrogens with two attached hydrogens (primary N) is 1. The lowest BCUT2D eigenvalue weighted by atomic mass is 10.1. The van der Waals surface area contributed by atoms with Crippen LogP contribution in [-0.2, 0) is 11.3 Å². The van der Waals surface area contributed by atoms with Crippen LogP contribution in [-0.4, -0.2) is 12.1 Å². The molecule has 0 saturated heterocycles. The molecule has 0 saturated carbocycles. The molecule has 0 aliphatic heterocycles. The van der Waals surface area contributed by atoms with Crippen LogP contribution in [0.1, 0.15) is 5.69 Å². The van der Waals surface area contributed by atoms with Crippen molar-refractivity contribution in [2.24, 2.45) is 0 Å². The van der Waals surface area contributed by atoms with Gasteiger partial charge in [-0.05, 0) is 34.1 Å². The van der Waals surface area contributed by atoms with Gasteiger partial charge < -0.3 is 10.5 Å². The number of pyridine rings is 1. The molecule has 1 heterocycles. The molecule has 0 aliphatic carbocycles. The van der Waals surface area contributed by atoms with E-state index in [9.17, 15) is 0 Å². The molecule has 2 rings (SSSR count). The van der Waals surface area contributed by atoms with Crippen LogP contribution in [0.3, 0.4) is 0 Å². The van der Waals surface area contributed by atoms with Gasteiger partial charge in [0, 0.05) is 27.1 Å². The normalized spacial score (nSPS) is 10.9. The van der Waals surface area contributed by atoms with Gasteiger partial charge in [-0.25, -0.2) is 4.98 Å². The summed E-state index contributed by atoms with van der Waals surface area (Å²) in [6.07, 6.45) is 0. The van der Waals surface area contributed by atoms with E-state index in [2.05, 4.69) is 36.8 Å². The number of hydrogen-bond donors (Lipinski definition) is 1. The number of nitrogen functional groups attached to an aromatic ring is 1. The van der Waals surface area contributed by atoms with Crippen molar-refractivity contribution in [1.82, 2.24) is 4.98 Å². The average Bonchev–Trinajstić information content (AvgIpc) is 2.23. The Morgan fingerprint density at radius 1 is 1.31 bits per heavy atom. The van der Waals surface area contributed by atoms with Crippen LogP contribution >= 0.6 is 31.9 Å². The summed E-state index contributed by atoms with van der Waals surface area (Å²) >= 11 is 6.94. The van der Waals surface area contributed by atoms with Gasteiger partial charge >= 0.3 is 0 Å². The molecule has 84 valence electrons. The molecule has 0 radical (unpaired) electrons. The Labute approximate surface area is 110 Å². The lowest BCUT2D eigenvalue weighted by Crippen LogP contribution is -1.98. The van der Waals surface area contributed by atoms with Gasteiger partial charge in [0.1, 0.15) is 0 Å². The SMILES string of the molecule is COCc1cc(N)c2c(Br)ccc(Br)c2n1. The first-order valence-electron chi connectivity index (χ1n) is 4.65. The first kappa shape index (κ1) is 11.8. The summed E-state index contributed by atoms with van der Waals surface area (Å²) in [5.74, 6) is 0. The van der Waals surface area contributed by atoms with Gasteiger partial charge in [-0.2, -0.15) is 0 Å². The van der Waals surface area contributed by atoms with E-state index in [0.717, 1.165) is 25.5 Å². The third kappa shape index (κ3) is 2.07. The van der Waals surface area contributed by atoms with Crippen molar-refractivity contribution >= 4 is 48.5 Å². The number of benzene rings is 1. The molecule has 0 spiro atoms. The van der Waals surface area contributed by atoms with Crippen molar-refractivity contribution in [3.63, 3.8) is 0 Å². The van der Waals surface area contributed by atoms with Crippen LogP contribution < -0.4 is 5.73 Å². The molecule has 2 aromatic rings. The van der Waals surface area contributed by atoms with Crippen LogP contribution in [0.15, 0.2) is 27.1 Å². The summed E-state index contributed by atoms with van der Waals surface area (Å²) in [4.78, 5) is 4.50. The Morgan fingerprint density at radius 3 is 2.69 bits per heavy atom. The van der Waals surface area contributed by atoms with E-state index in [1.807, 2.05) is 18.2 Å². The van der Waals surface area contributed by atoms with E-state index in [-0.39, 0.29) is 0 Å². The van der Waals surface area contributed by atoms with Crippen LogP contribution in [0.25, 0.3) is 10.9 Å². The lowest BCUT2D eigenvalue weighted by molar-refractivity contribution is 0.182. The third-order valence-corrected chi connectivity index (χ3v) is 3.54. The smallest absolute Gasteiger partial charge is 0.0885 e. The molecule has 1 aromatic carbocycles. The van der Waals surface area contributed by atoms with Crippen molar-refractivity contribution in [3.05, 3.63) is 32.8 Å². The minimum Gasteiger partial charge on any atom is -0.398 e. The number of nitrogens with zero attached hydrogens (tertiary/aromatic N) is 1. The quantitative estimate of drug-likeness (QED) is 0.906. The topological polar surface area (TPSA) is 48.1 Å². The summed E-state index contributed by atoms with van der Waals surface area (Å²) in [7, 11) is 1.64. The number of methoxy groups -OCH3 is 1. The van der Waals surface area contributed by atoms with Crippen LogP contribution in [0.2, 0.25) is 0 Å². The molecule has 1 aromatic heterocycles. The maximum Gasteiger partial charge on any atom is 0.0885 e. The van der Waals surface area contributed by atoms with Crippen molar-refractivity contribution in [2.45, 2.75) is 6.61 Å². The molecule has 0 amide bonds. The van der Waals surface area contributed by atoms with Crippen molar-refractivity contribution < 1.29 is 4.74 Å². The maximum atomic E-state index is 6.01. The summed E-state index contributed by atoms with van der Waals surface area (Å²) in [5.41, 5.74) is 8.38. The molecular weight excluding hydrogens is 336 g/mol. The molecule has 0 atom stereocenters.